The van der Waals surface area contributed by atoms with E-state index >= 15 is 0 Å². The summed E-state index contributed by atoms with van der Waals surface area (Å²) in [5.74, 6) is 0.449. The van der Waals surface area contributed by atoms with Crippen LogP contribution in [0.3, 0.4) is 0 Å². The Morgan fingerprint density at radius 3 is 2.66 bits per heavy atom. The maximum Gasteiger partial charge on any atom is 0.232 e. The number of carbonyl (C=O) groups is 2. The number of halogens is 1. The van der Waals surface area contributed by atoms with Gasteiger partial charge in [-0.1, -0.05) is 18.2 Å². The highest BCUT2D eigenvalue weighted by molar-refractivity contribution is 8.00. The van der Waals surface area contributed by atoms with Gasteiger partial charge in [0, 0.05) is 29.5 Å². The number of amides is 1. The van der Waals surface area contributed by atoms with Gasteiger partial charge in [0.2, 0.25) is 5.91 Å². The fourth-order valence-corrected chi connectivity index (χ4v) is 4.33. The second kappa shape index (κ2) is 8.37. The number of nitrogens with zero attached hydrogens (tertiary/aromatic N) is 2. The first-order valence-corrected chi connectivity index (χ1v) is 10.6. The number of Topliss-reactive ketones (excluding diaryl/α,β-unsaturated/α-hetero) is 1. The summed E-state index contributed by atoms with van der Waals surface area (Å²) >= 11 is 1.16. The zero-order valence-electron chi connectivity index (χ0n) is 16.1. The molecule has 0 aliphatic carbocycles. The molecule has 0 radical (unpaired) electrons. The van der Waals surface area contributed by atoms with Gasteiger partial charge in [0.05, 0.1) is 5.75 Å². The van der Waals surface area contributed by atoms with E-state index in [-0.39, 0.29) is 23.4 Å². The van der Waals surface area contributed by atoms with Gasteiger partial charge in [-0.05, 0) is 44.0 Å². The molecule has 5 nitrogen and oxygen atoms in total. The van der Waals surface area contributed by atoms with Gasteiger partial charge in [-0.2, -0.15) is 0 Å². The molecule has 0 spiro atoms. The molecule has 0 saturated carbocycles. The van der Waals surface area contributed by atoms with Crippen LogP contribution in [0.15, 0.2) is 51.8 Å². The molecule has 0 N–H and O–H groups in total. The van der Waals surface area contributed by atoms with Crippen molar-refractivity contribution in [1.29, 1.82) is 0 Å². The van der Waals surface area contributed by atoms with Crippen LogP contribution in [-0.4, -0.2) is 40.4 Å². The summed E-state index contributed by atoms with van der Waals surface area (Å²) in [5.41, 5.74) is 1.98. The molecule has 2 aromatic carbocycles. The quantitative estimate of drug-likeness (QED) is 0.450. The van der Waals surface area contributed by atoms with E-state index in [1.165, 1.54) is 13.0 Å². The van der Waals surface area contributed by atoms with Crippen molar-refractivity contribution in [3.63, 3.8) is 0 Å². The fraction of sp³-hybridized carbons (Fsp3) is 0.318. The zero-order chi connectivity index (χ0) is 20.4. The number of rotatable bonds is 5. The molecular weight excluding hydrogens is 391 g/mol. The third-order valence-electron chi connectivity index (χ3n) is 5.20. The summed E-state index contributed by atoms with van der Waals surface area (Å²) in [4.78, 5) is 30.6. The van der Waals surface area contributed by atoms with Crippen molar-refractivity contribution in [3.05, 3.63) is 59.7 Å². The molecule has 4 rings (SSSR count). The number of fused-ring (bicyclic) bond motifs is 1. The van der Waals surface area contributed by atoms with Crippen LogP contribution in [0.2, 0.25) is 0 Å². The van der Waals surface area contributed by atoms with Crippen molar-refractivity contribution in [1.82, 2.24) is 9.88 Å². The predicted molar refractivity (Wildman–Crippen MR) is 110 cm³/mol. The molecule has 7 heteroatoms. The first-order chi connectivity index (χ1) is 14.0. The summed E-state index contributed by atoms with van der Waals surface area (Å²) < 4.78 is 20.0. The molecule has 0 unspecified atom stereocenters. The Hall–Kier alpha value is -2.67. The van der Waals surface area contributed by atoms with Crippen molar-refractivity contribution < 1.29 is 18.4 Å². The van der Waals surface area contributed by atoms with E-state index in [2.05, 4.69) is 4.98 Å². The molecule has 150 valence electrons. The van der Waals surface area contributed by atoms with E-state index in [1.54, 1.807) is 12.1 Å². The lowest BCUT2D eigenvalue weighted by atomic mass is 9.97. The summed E-state index contributed by atoms with van der Waals surface area (Å²) in [6.45, 7) is 2.67. The molecular formula is C22H21FN2O3S. The minimum absolute atomic E-state index is 0.0129. The summed E-state index contributed by atoms with van der Waals surface area (Å²) in [5, 5.41) is 0. The lowest BCUT2D eigenvalue weighted by Gasteiger charge is -2.30. The molecule has 1 saturated heterocycles. The zero-order valence-corrected chi connectivity index (χ0v) is 16.9. The average molecular weight is 412 g/mol. The third kappa shape index (κ3) is 4.34. The van der Waals surface area contributed by atoms with Crippen LogP contribution in [0.5, 0.6) is 0 Å². The van der Waals surface area contributed by atoms with Crippen LogP contribution in [0.1, 0.15) is 41.9 Å². The highest BCUT2D eigenvalue weighted by atomic mass is 32.2. The van der Waals surface area contributed by atoms with E-state index < -0.39 is 5.82 Å². The molecule has 0 atom stereocenters. The Morgan fingerprint density at radius 2 is 1.97 bits per heavy atom. The second-order valence-corrected chi connectivity index (χ2v) is 8.18. The van der Waals surface area contributed by atoms with Crippen molar-refractivity contribution >= 4 is 34.6 Å². The SMILES string of the molecule is CC(=O)c1ccc(SCC(=O)N2CCC(c3nc4ccccc4o3)CC2)c(F)c1. The summed E-state index contributed by atoms with van der Waals surface area (Å²) in [6, 6.07) is 12.1. The molecule has 1 aliphatic rings. The lowest BCUT2D eigenvalue weighted by Crippen LogP contribution is -2.39. The van der Waals surface area contributed by atoms with Crippen LogP contribution in [0.25, 0.3) is 11.1 Å². The highest BCUT2D eigenvalue weighted by Gasteiger charge is 2.27. The number of piperidine rings is 1. The summed E-state index contributed by atoms with van der Waals surface area (Å²) in [7, 11) is 0. The minimum atomic E-state index is -0.467. The molecule has 3 aromatic rings. The van der Waals surface area contributed by atoms with Gasteiger partial charge >= 0.3 is 0 Å². The van der Waals surface area contributed by atoms with Gasteiger partial charge in [0.25, 0.3) is 0 Å². The minimum Gasteiger partial charge on any atom is -0.440 e. The maximum atomic E-state index is 14.1. The molecule has 0 bridgehead atoms. The van der Waals surface area contributed by atoms with E-state index in [9.17, 15) is 14.0 Å². The Bertz CT molecular complexity index is 1020. The Morgan fingerprint density at radius 1 is 1.21 bits per heavy atom. The molecule has 2 heterocycles. The largest absolute Gasteiger partial charge is 0.440 e. The van der Waals surface area contributed by atoms with Crippen LogP contribution in [0, 0.1) is 5.82 Å². The first-order valence-electron chi connectivity index (χ1n) is 9.58. The Kier molecular flexibility index (Phi) is 5.67. The van der Waals surface area contributed by atoms with E-state index in [4.69, 9.17) is 4.42 Å². The number of hydrogen-bond donors (Lipinski definition) is 0. The van der Waals surface area contributed by atoms with E-state index in [1.807, 2.05) is 29.2 Å². The number of hydrogen-bond acceptors (Lipinski definition) is 5. The van der Waals surface area contributed by atoms with Gasteiger partial charge in [0.15, 0.2) is 17.3 Å². The van der Waals surface area contributed by atoms with Crippen molar-refractivity contribution in [3.8, 4) is 0 Å². The van der Waals surface area contributed by atoms with E-state index in [0.29, 0.717) is 23.5 Å². The number of thioether (sulfide) groups is 1. The van der Waals surface area contributed by atoms with Gasteiger partial charge in [0.1, 0.15) is 11.3 Å². The van der Waals surface area contributed by atoms with Crippen molar-refractivity contribution in [2.75, 3.05) is 18.8 Å². The van der Waals surface area contributed by atoms with E-state index in [0.717, 1.165) is 41.6 Å². The molecule has 1 aromatic heterocycles. The number of benzene rings is 2. The standard InChI is InChI=1S/C22H21FN2O3S/c1-14(26)16-6-7-20(17(23)12-16)29-13-21(27)25-10-8-15(9-11-25)22-24-18-4-2-3-5-19(18)28-22/h2-7,12,15H,8-11,13H2,1H3. The van der Waals surface area contributed by atoms with Gasteiger partial charge in [-0.25, -0.2) is 9.37 Å². The van der Waals surface area contributed by atoms with Crippen LogP contribution >= 0.6 is 11.8 Å². The maximum absolute atomic E-state index is 14.1. The Balaban J connectivity index is 1.31. The smallest absolute Gasteiger partial charge is 0.232 e. The average Bonchev–Trinajstić information content (AvgIpc) is 3.17. The number of aromatic nitrogens is 1. The number of likely N-dealkylation sites (tertiary alicyclic amines) is 1. The normalized spacial score (nSPS) is 15.0. The number of oxazole rings is 1. The number of carbonyl (C=O) groups excluding carboxylic acids is 2. The summed E-state index contributed by atoms with van der Waals surface area (Å²) in [6.07, 6.45) is 1.59. The highest BCUT2D eigenvalue weighted by Crippen LogP contribution is 2.30. The van der Waals surface area contributed by atoms with Gasteiger partial charge in [-0.3, -0.25) is 9.59 Å². The van der Waals surface area contributed by atoms with Crippen LogP contribution < -0.4 is 0 Å². The van der Waals surface area contributed by atoms with Crippen LogP contribution in [-0.2, 0) is 4.79 Å². The predicted octanol–water partition coefficient (Wildman–Crippen LogP) is 4.67. The van der Waals surface area contributed by atoms with Crippen LogP contribution in [0.4, 0.5) is 4.39 Å². The molecule has 29 heavy (non-hydrogen) atoms. The Labute approximate surface area is 172 Å². The van der Waals surface area contributed by atoms with Gasteiger partial charge < -0.3 is 9.32 Å². The lowest BCUT2D eigenvalue weighted by molar-refractivity contribution is -0.129. The fourth-order valence-electron chi connectivity index (χ4n) is 3.51. The van der Waals surface area contributed by atoms with Crippen molar-refractivity contribution in [2.24, 2.45) is 0 Å². The molecule has 1 fully saturated rings. The third-order valence-corrected chi connectivity index (χ3v) is 6.23. The van der Waals surface area contributed by atoms with Crippen molar-refractivity contribution in [2.45, 2.75) is 30.6 Å². The number of ketones is 1. The number of para-hydroxylation sites is 2. The molecule has 1 aliphatic heterocycles. The topological polar surface area (TPSA) is 63.4 Å². The first kappa shape index (κ1) is 19.6. The monoisotopic (exact) mass is 412 g/mol. The molecule has 1 amide bonds. The second-order valence-electron chi connectivity index (χ2n) is 7.16. The van der Waals surface area contributed by atoms with Gasteiger partial charge in [-0.15, -0.1) is 11.8 Å².